The fraction of sp³-hybridized carbons (Fsp3) is 0.0909. The lowest BCUT2D eigenvalue weighted by atomic mass is 9.97. The predicted octanol–water partition coefficient (Wildman–Crippen LogP) is 5.28. The molecule has 0 aliphatic rings. The first-order valence-corrected chi connectivity index (χ1v) is 8.25. The summed E-state index contributed by atoms with van der Waals surface area (Å²) in [5, 5.41) is 12.1. The van der Waals surface area contributed by atoms with Gasteiger partial charge in [0.2, 0.25) is 0 Å². The molecule has 1 amide bonds. The summed E-state index contributed by atoms with van der Waals surface area (Å²) in [6, 6.07) is 24.9. The number of nitriles is 1. The molecule has 0 radical (unpaired) electrons. The molecule has 0 aliphatic carbocycles. The molecule has 0 aliphatic heterocycles. The van der Waals surface area contributed by atoms with E-state index >= 15 is 0 Å². The fourth-order valence-electron chi connectivity index (χ4n) is 2.67. The third kappa shape index (κ3) is 4.08. The highest BCUT2D eigenvalue weighted by molar-refractivity contribution is 5.85. The molecule has 1 N–H and O–H groups in total. The third-order valence-electron chi connectivity index (χ3n) is 4.04. The van der Waals surface area contributed by atoms with Gasteiger partial charge < -0.3 is 4.74 Å². The lowest BCUT2D eigenvalue weighted by Gasteiger charge is -2.09. The Balaban J connectivity index is 1.66. The summed E-state index contributed by atoms with van der Waals surface area (Å²) in [5.74, 6) is 0. The summed E-state index contributed by atoms with van der Waals surface area (Å²) < 4.78 is 5.21. The van der Waals surface area contributed by atoms with Gasteiger partial charge in [-0.05, 0) is 41.3 Å². The molecular weight excluding hydrogens is 324 g/mol. The molecule has 0 atom stereocenters. The number of benzene rings is 3. The second-order valence-corrected chi connectivity index (χ2v) is 5.87. The molecule has 0 saturated carbocycles. The average molecular weight is 342 g/mol. The van der Waals surface area contributed by atoms with Crippen LogP contribution >= 0.6 is 0 Å². The summed E-state index contributed by atoms with van der Waals surface area (Å²) >= 11 is 0. The van der Waals surface area contributed by atoms with Crippen molar-refractivity contribution in [3.05, 3.63) is 89.5 Å². The first kappa shape index (κ1) is 17.2. The van der Waals surface area contributed by atoms with Crippen molar-refractivity contribution in [2.75, 3.05) is 5.32 Å². The van der Waals surface area contributed by atoms with Crippen LogP contribution in [0.1, 0.15) is 16.7 Å². The Hall–Kier alpha value is -3.58. The molecule has 26 heavy (non-hydrogen) atoms. The molecule has 4 heteroatoms. The van der Waals surface area contributed by atoms with Crippen molar-refractivity contribution in [3.8, 4) is 17.2 Å². The maximum Gasteiger partial charge on any atom is 0.411 e. The fourth-order valence-corrected chi connectivity index (χ4v) is 2.67. The topological polar surface area (TPSA) is 62.1 Å². The minimum Gasteiger partial charge on any atom is -0.444 e. The lowest BCUT2D eigenvalue weighted by Crippen LogP contribution is -2.13. The Bertz CT molecular complexity index is 942. The van der Waals surface area contributed by atoms with Gasteiger partial charge in [-0.2, -0.15) is 5.26 Å². The van der Waals surface area contributed by atoms with E-state index in [4.69, 9.17) is 4.74 Å². The number of amides is 1. The molecule has 3 aromatic carbocycles. The van der Waals surface area contributed by atoms with Crippen molar-refractivity contribution in [1.29, 1.82) is 5.26 Å². The van der Waals surface area contributed by atoms with Crippen molar-refractivity contribution in [1.82, 2.24) is 0 Å². The van der Waals surface area contributed by atoms with Crippen molar-refractivity contribution >= 4 is 11.8 Å². The number of rotatable bonds is 4. The molecular formula is C22H18N2O2. The van der Waals surface area contributed by atoms with Crippen LogP contribution in [0.25, 0.3) is 11.1 Å². The smallest absolute Gasteiger partial charge is 0.411 e. The number of carbonyl (C=O) groups excluding carboxylic acids is 1. The number of hydrogen-bond donors (Lipinski definition) is 1. The minimum absolute atomic E-state index is 0.222. The molecule has 3 aromatic rings. The van der Waals surface area contributed by atoms with E-state index in [1.54, 1.807) is 12.1 Å². The van der Waals surface area contributed by atoms with Crippen LogP contribution in [0, 0.1) is 18.3 Å². The van der Waals surface area contributed by atoms with Crippen LogP contribution in [0.2, 0.25) is 0 Å². The minimum atomic E-state index is -0.505. The maximum absolute atomic E-state index is 11.9. The Morgan fingerprint density at radius 3 is 2.42 bits per heavy atom. The summed E-state index contributed by atoms with van der Waals surface area (Å²) in [7, 11) is 0. The molecule has 0 aromatic heterocycles. The van der Waals surface area contributed by atoms with Gasteiger partial charge in [-0.3, -0.25) is 5.32 Å². The van der Waals surface area contributed by atoms with Gasteiger partial charge >= 0.3 is 6.09 Å². The zero-order chi connectivity index (χ0) is 18.4. The Kier molecular flexibility index (Phi) is 5.31. The van der Waals surface area contributed by atoms with Crippen LogP contribution in [0.15, 0.2) is 72.8 Å². The highest BCUT2D eigenvalue weighted by atomic mass is 16.5. The largest absolute Gasteiger partial charge is 0.444 e. The highest BCUT2D eigenvalue weighted by Gasteiger charge is 2.08. The van der Waals surface area contributed by atoms with Gasteiger partial charge in [-0.1, -0.05) is 60.7 Å². The van der Waals surface area contributed by atoms with E-state index in [9.17, 15) is 10.1 Å². The zero-order valence-electron chi connectivity index (χ0n) is 14.4. The van der Waals surface area contributed by atoms with Gasteiger partial charge in [0.05, 0.1) is 5.56 Å². The number of nitrogens with zero attached hydrogens (tertiary/aromatic N) is 1. The van der Waals surface area contributed by atoms with Gasteiger partial charge in [0.25, 0.3) is 0 Å². The summed E-state index contributed by atoms with van der Waals surface area (Å²) in [6.07, 6.45) is -0.505. The van der Waals surface area contributed by atoms with Crippen molar-refractivity contribution in [2.24, 2.45) is 0 Å². The lowest BCUT2D eigenvalue weighted by molar-refractivity contribution is 0.155. The van der Waals surface area contributed by atoms with E-state index in [1.807, 2.05) is 67.6 Å². The van der Waals surface area contributed by atoms with E-state index in [1.165, 1.54) is 0 Å². The SMILES string of the molecule is Cc1cccc(-c2ccc(NC(=O)OCc3ccccc3)cc2)c1C#N. The molecule has 4 nitrogen and oxygen atoms in total. The van der Waals surface area contributed by atoms with Crippen molar-refractivity contribution in [3.63, 3.8) is 0 Å². The summed E-state index contributed by atoms with van der Waals surface area (Å²) in [6.45, 7) is 2.14. The number of aryl methyl sites for hydroxylation is 1. The number of ether oxygens (including phenoxy) is 1. The van der Waals surface area contributed by atoms with Gasteiger partial charge in [0.1, 0.15) is 12.7 Å². The molecule has 0 saturated heterocycles. The molecule has 0 unspecified atom stereocenters. The molecule has 3 rings (SSSR count). The van der Waals surface area contributed by atoms with Gasteiger partial charge in [0, 0.05) is 5.69 Å². The van der Waals surface area contributed by atoms with Crippen LogP contribution in [0.5, 0.6) is 0 Å². The van der Waals surface area contributed by atoms with Crippen molar-refractivity contribution < 1.29 is 9.53 Å². The first-order valence-electron chi connectivity index (χ1n) is 8.25. The van der Waals surface area contributed by atoms with E-state index in [-0.39, 0.29) is 6.61 Å². The number of anilines is 1. The van der Waals surface area contributed by atoms with Gasteiger partial charge in [-0.25, -0.2) is 4.79 Å². The van der Waals surface area contributed by atoms with E-state index in [0.29, 0.717) is 11.3 Å². The molecule has 0 bridgehead atoms. The van der Waals surface area contributed by atoms with Crippen molar-refractivity contribution in [2.45, 2.75) is 13.5 Å². The van der Waals surface area contributed by atoms with Crippen LogP contribution in [0.3, 0.4) is 0 Å². The van der Waals surface area contributed by atoms with Gasteiger partial charge in [0.15, 0.2) is 0 Å². The molecule has 0 fully saturated rings. The third-order valence-corrected chi connectivity index (χ3v) is 4.04. The average Bonchev–Trinajstić information content (AvgIpc) is 2.67. The van der Waals surface area contributed by atoms with Crippen LogP contribution in [-0.2, 0) is 11.3 Å². The quantitative estimate of drug-likeness (QED) is 0.701. The zero-order valence-corrected chi connectivity index (χ0v) is 14.4. The van der Waals surface area contributed by atoms with E-state index in [2.05, 4.69) is 11.4 Å². The highest BCUT2D eigenvalue weighted by Crippen LogP contribution is 2.26. The predicted molar refractivity (Wildman–Crippen MR) is 102 cm³/mol. The standard InChI is InChI=1S/C22H18N2O2/c1-16-6-5-9-20(21(16)14-23)18-10-12-19(13-11-18)24-22(25)26-15-17-7-3-2-4-8-17/h2-13H,15H2,1H3,(H,24,25). The van der Waals surface area contributed by atoms with Crippen LogP contribution < -0.4 is 5.32 Å². The number of nitrogens with one attached hydrogen (secondary N) is 1. The summed E-state index contributed by atoms with van der Waals surface area (Å²) in [5.41, 5.74) is 4.98. The first-order chi connectivity index (χ1) is 12.7. The normalized spacial score (nSPS) is 10.0. The molecule has 0 spiro atoms. The number of hydrogen-bond acceptors (Lipinski definition) is 3. The number of carbonyl (C=O) groups is 1. The van der Waals surface area contributed by atoms with Crippen LogP contribution in [-0.4, -0.2) is 6.09 Å². The Morgan fingerprint density at radius 2 is 1.73 bits per heavy atom. The second kappa shape index (κ2) is 8.00. The second-order valence-electron chi connectivity index (χ2n) is 5.87. The van der Waals surface area contributed by atoms with Gasteiger partial charge in [-0.15, -0.1) is 0 Å². The molecule has 128 valence electrons. The van der Waals surface area contributed by atoms with E-state index in [0.717, 1.165) is 22.3 Å². The summed E-state index contributed by atoms with van der Waals surface area (Å²) in [4.78, 5) is 11.9. The van der Waals surface area contributed by atoms with E-state index < -0.39 is 6.09 Å². The maximum atomic E-state index is 11.9. The molecule has 0 heterocycles. The Labute approximate surface area is 152 Å². The Morgan fingerprint density at radius 1 is 1.00 bits per heavy atom. The van der Waals surface area contributed by atoms with Crippen LogP contribution in [0.4, 0.5) is 10.5 Å². The monoisotopic (exact) mass is 342 g/mol.